The number of imidazole rings is 1. The van der Waals surface area contributed by atoms with Crippen molar-refractivity contribution >= 4 is 30.7 Å². The topological polar surface area (TPSA) is 99.9 Å². The van der Waals surface area contributed by atoms with E-state index >= 15 is 0 Å². The van der Waals surface area contributed by atoms with Gasteiger partial charge in [-0.15, -0.1) is 24.8 Å². The Bertz CT molecular complexity index is 1210. The van der Waals surface area contributed by atoms with Crippen molar-refractivity contribution in [2.24, 2.45) is 0 Å². The summed E-state index contributed by atoms with van der Waals surface area (Å²) in [7, 11) is 0. The van der Waals surface area contributed by atoms with Gasteiger partial charge in [-0.05, 0) is 31.2 Å². The molecule has 5 rings (SSSR count). The quantitative estimate of drug-likeness (QED) is 0.298. The molecule has 1 aliphatic heterocycles. The van der Waals surface area contributed by atoms with Crippen molar-refractivity contribution in [3.05, 3.63) is 78.2 Å². The zero-order valence-electron chi connectivity index (χ0n) is 23.4. The smallest absolute Gasteiger partial charge is 0.275 e. The predicted octanol–water partition coefficient (Wildman–Crippen LogP) is 4.30. The molecule has 224 valence electrons. The van der Waals surface area contributed by atoms with E-state index in [2.05, 4.69) is 17.4 Å². The minimum absolute atomic E-state index is 0. The highest BCUT2D eigenvalue weighted by Gasteiger charge is 2.42. The number of benzene rings is 2. The van der Waals surface area contributed by atoms with Crippen LogP contribution in [-0.2, 0) is 11.2 Å². The van der Waals surface area contributed by atoms with Crippen LogP contribution in [0.15, 0.2) is 67.0 Å². The van der Waals surface area contributed by atoms with Crippen LogP contribution in [0.4, 0.5) is 0 Å². The number of halogens is 2. The Labute approximate surface area is 254 Å². The van der Waals surface area contributed by atoms with Gasteiger partial charge in [0, 0.05) is 44.5 Å². The third kappa shape index (κ3) is 7.69. The van der Waals surface area contributed by atoms with Gasteiger partial charge in [-0.25, -0.2) is 4.98 Å². The maximum Gasteiger partial charge on any atom is 0.275 e. The zero-order valence-corrected chi connectivity index (χ0v) is 25.0. The van der Waals surface area contributed by atoms with Gasteiger partial charge in [0.15, 0.2) is 5.69 Å². The van der Waals surface area contributed by atoms with Crippen molar-refractivity contribution in [3.8, 4) is 11.3 Å². The lowest BCUT2D eigenvalue weighted by Crippen LogP contribution is -2.54. The van der Waals surface area contributed by atoms with Crippen LogP contribution in [0.2, 0.25) is 0 Å². The van der Waals surface area contributed by atoms with Crippen molar-refractivity contribution in [2.45, 2.75) is 56.2 Å². The van der Waals surface area contributed by atoms with Crippen LogP contribution in [0.3, 0.4) is 0 Å². The average Bonchev–Trinajstić information content (AvgIpc) is 3.41. The van der Waals surface area contributed by atoms with E-state index in [-0.39, 0.29) is 56.0 Å². The number of nitrogens with one attached hydrogen (secondary N) is 1. The summed E-state index contributed by atoms with van der Waals surface area (Å²) in [5, 5.41) is 24.4. The highest BCUT2D eigenvalue weighted by atomic mass is 35.5. The van der Waals surface area contributed by atoms with Crippen LogP contribution in [0.1, 0.15) is 54.2 Å². The van der Waals surface area contributed by atoms with Crippen molar-refractivity contribution in [2.75, 3.05) is 39.5 Å². The Morgan fingerprint density at radius 3 is 2.54 bits per heavy atom. The zero-order chi connectivity index (χ0) is 27.1. The van der Waals surface area contributed by atoms with E-state index in [1.165, 1.54) is 5.56 Å². The summed E-state index contributed by atoms with van der Waals surface area (Å²) in [6.45, 7) is 2.73. The molecule has 10 heteroatoms. The lowest BCUT2D eigenvalue weighted by atomic mass is 9.80. The Hall–Kier alpha value is -2.46. The average molecular weight is 606 g/mol. The van der Waals surface area contributed by atoms with Crippen LogP contribution in [-0.4, -0.2) is 81.7 Å². The molecule has 1 amide bonds. The molecule has 2 aromatic carbocycles. The van der Waals surface area contributed by atoms with Crippen molar-refractivity contribution in [1.29, 1.82) is 0 Å². The van der Waals surface area contributed by atoms with E-state index in [1.54, 1.807) is 6.33 Å². The lowest BCUT2D eigenvalue weighted by molar-refractivity contribution is -0.100. The van der Waals surface area contributed by atoms with E-state index in [0.29, 0.717) is 31.7 Å². The molecule has 41 heavy (non-hydrogen) atoms. The minimum atomic E-state index is -1.08. The van der Waals surface area contributed by atoms with Crippen molar-refractivity contribution < 1.29 is 19.7 Å². The molecular weight excluding hydrogens is 563 g/mol. The fourth-order valence-corrected chi connectivity index (χ4v) is 6.05. The molecule has 8 nitrogen and oxygen atoms in total. The lowest BCUT2D eigenvalue weighted by Gasteiger charge is -2.41. The van der Waals surface area contributed by atoms with Crippen LogP contribution in [0, 0.1) is 0 Å². The van der Waals surface area contributed by atoms with Gasteiger partial charge in [-0.2, -0.15) is 0 Å². The number of aromatic nitrogens is 2. The third-order valence-corrected chi connectivity index (χ3v) is 8.06. The fourth-order valence-electron chi connectivity index (χ4n) is 6.05. The number of hydrogen-bond donors (Lipinski definition) is 3. The Morgan fingerprint density at radius 2 is 1.80 bits per heavy atom. The van der Waals surface area contributed by atoms with E-state index in [4.69, 9.17) is 14.8 Å². The van der Waals surface area contributed by atoms with E-state index in [1.807, 2.05) is 58.0 Å². The van der Waals surface area contributed by atoms with Crippen LogP contribution in [0.25, 0.3) is 11.3 Å². The van der Waals surface area contributed by atoms with Crippen molar-refractivity contribution in [1.82, 2.24) is 19.8 Å². The molecule has 3 N–H and O–H groups in total. The van der Waals surface area contributed by atoms with Gasteiger partial charge in [0.25, 0.3) is 5.91 Å². The standard InChI is InChI=1S/C31H40N4O4.2ClH/c36-18-9-19-39-22-31(38)15-8-7-14-27(31)35-23-33-28(29(35)25-12-5-2-6-13-25)30(37)34-17-16-32-21-26(34)20-24-10-3-1-4-11-24;;/h1-6,10-13,23,26-27,32,36,38H,7-9,14-22H2;2*1H/t26-,27?,31?;;/m1../s1. The molecule has 3 atom stereocenters. The van der Waals surface area contributed by atoms with E-state index in [9.17, 15) is 9.90 Å². The molecule has 3 aromatic rings. The molecule has 1 aromatic heterocycles. The highest BCUT2D eigenvalue weighted by molar-refractivity contribution is 5.98. The van der Waals surface area contributed by atoms with Crippen molar-refractivity contribution in [3.63, 3.8) is 0 Å². The van der Waals surface area contributed by atoms with Gasteiger partial charge in [-0.1, -0.05) is 73.5 Å². The molecule has 0 spiro atoms. The Balaban J connectivity index is 0.00000231. The molecule has 2 unspecified atom stereocenters. The number of piperazine rings is 1. The molecule has 0 bridgehead atoms. The first-order valence-electron chi connectivity index (χ1n) is 14.2. The molecule has 2 heterocycles. The molecule has 2 aliphatic rings. The first-order chi connectivity index (χ1) is 19.1. The molecule has 1 saturated carbocycles. The number of aliphatic hydroxyl groups is 2. The maximum absolute atomic E-state index is 14.2. The van der Waals surface area contributed by atoms with Gasteiger partial charge < -0.3 is 29.7 Å². The summed E-state index contributed by atoms with van der Waals surface area (Å²) in [5.41, 5.74) is 2.20. The first-order valence-corrected chi connectivity index (χ1v) is 14.2. The normalized spacial score (nSPS) is 22.4. The summed E-state index contributed by atoms with van der Waals surface area (Å²) in [6, 6.07) is 19.9. The SMILES string of the molecule is Cl.Cl.O=C(c1ncn(C2CCCCC2(O)COCCCO)c1-c1ccccc1)N1CCNC[C@H]1Cc1ccccc1. The Morgan fingerprint density at radius 1 is 1.07 bits per heavy atom. The maximum atomic E-state index is 14.2. The number of carbonyl (C=O) groups excluding carboxylic acids is 1. The summed E-state index contributed by atoms with van der Waals surface area (Å²) in [6.07, 6.45) is 6.33. The van der Waals surface area contributed by atoms with Gasteiger partial charge in [0.05, 0.1) is 24.7 Å². The van der Waals surface area contributed by atoms with Gasteiger partial charge >= 0.3 is 0 Å². The van der Waals surface area contributed by atoms with Crippen LogP contribution >= 0.6 is 24.8 Å². The Kier molecular flexibility index (Phi) is 12.6. The molecule has 1 saturated heterocycles. The number of amides is 1. The highest BCUT2D eigenvalue weighted by Crippen LogP contribution is 2.41. The minimum Gasteiger partial charge on any atom is -0.396 e. The number of ether oxygens (including phenoxy) is 1. The summed E-state index contributed by atoms with van der Waals surface area (Å²) < 4.78 is 7.83. The third-order valence-electron chi connectivity index (χ3n) is 8.06. The molecule has 2 fully saturated rings. The number of nitrogens with zero attached hydrogens (tertiary/aromatic N) is 3. The number of aliphatic hydroxyl groups excluding tert-OH is 1. The first kappa shape index (κ1) is 33.0. The molecular formula is C31H42Cl2N4O4. The van der Waals surface area contributed by atoms with E-state index in [0.717, 1.165) is 50.0 Å². The molecule has 1 aliphatic carbocycles. The number of hydrogen-bond acceptors (Lipinski definition) is 6. The second-order valence-corrected chi connectivity index (χ2v) is 10.8. The summed E-state index contributed by atoms with van der Waals surface area (Å²) in [5.74, 6) is -0.0754. The number of carbonyl (C=O) groups is 1. The summed E-state index contributed by atoms with van der Waals surface area (Å²) in [4.78, 5) is 20.9. The number of rotatable bonds is 10. The second-order valence-electron chi connectivity index (χ2n) is 10.8. The summed E-state index contributed by atoms with van der Waals surface area (Å²) >= 11 is 0. The second kappa shape index (κ2) is 15.7. The largest absolute Gasteiger partial charge is 0.396 e. The van der Waals surface area contributed by atoms with Gasteiger partial charge in [0.2, 0.25) is 0 Å². The monoisotopic (exact) mass is 604 g/mol. The van der Waals surface area contributed by atoms with Gasteiger partial charge in [-0.3, -0.25) is 4.79 Å². The van der Waals surface area contributed by atoms with Crippen LogP contribution in [0.5, 0.6) is 0 Å². The molecule has 0 radical (unpaired) electrons. The fraction of sp³-hybridized carbons (Fsp3) is 0.484. The van der Waals surface area contributed by atoms with Crippen LogP contribution < -0.4 is 5.32 Å². The van der Waals surface area contributed by atoms with E-state index < -0.39 is 5.60 Å². The predicted molar refractivity (Wildman–Crippen MR) is 165 cm³/mol. The van der Waals surface area contributed by atoms with Gasteiger partial charge in [0.1, 0.15) is 5.60 Å².